The van der Waals surface area contributed by atoms with Gasteiger partial charge in [0.2, 0.25) is 0 Å². The maximum absolute atomic E-state index is 14.1. The molecule has 150 valence electrons. The Labute approximate surface area is 172 Å². The van der Waals surface area contributed by atoms with Gasteiger partial charge in [-0.1, -0.05) is 24.3 Å². The molecule has 2 heterocycles. The van der Waals surface area contributed by atoms with E-state index in [2.05, 4.69) is 5.32 Å². The van der Waals surface area contributed by atoms with Gasteiger partial charge in [-0.15, -0.1) is 11.3 Å². The lowest BCUT2D eigenvalue weighted by Crippen LogP contribution is -2.30. The van der Waals surface area contributed by atoms with E-state index < -0.39 is 15.8 Å². The van der Waals surface area contributed by atoms with Gasteiger partial charge in [0.15, 0.2) is 0 Å². The second kappa shape index (κ2) is 7.96. The number of benzene rings is 2. The van der Waals surface area contributed by atoms with E-state index in [0.717, 1.165) is 18.1 Å². The molecule has 0 saturated carbocycles. The number of sulfonamides is 1. The fraction of sp³-hybridized carbons (Fsp3) is 0.190. The highest BCUT2D eigenvalue weighted by Crippen LogP contribution is 2.34. The Balaban J connectivity index is 1.55. The first-order valence-electron chi connectivity index (χ1n) is 9.17. The Bertz CT molecular complexity index is 1140. The van der Waals surface area contributed by atoms with E-state index in [1.165, 1.54) is 27.4 Å². The van der Waals surface area contributed by atoms with Crippen molar-refractivity contribution in [2.75, 3.05) is 17.4 Å². The average molecular weight is 431 g/mol. The summed E-state index contributed by atoms with van der Waals surface area (Å²) in [7, 11) is -4.04. The Kier molecular flexibility index (Phi) is 5.38. The van der Waals surface area contributed by atoms with Crippen molar-refractivity contribution in [3.63, 3.8) is 0 Å². The highest BCUT2D eigenvalue weighted by molar-refractivity contribution is 7.92. The molecule has 0 unspecified atom stereocenters. The molecule has 5 nitrogen and oxygen atoms in total. The summed E-state index contributed by atoms with van der Waals surface area (Å²) in [5.41, 5.74) is 1.63. The van der Waals surface area contributed by atoms with Crippen molar-refractivity contribution >= 4 is 33.0 Å². The maximum atomic E-state index is 14.1. The van der Waals surface area contributed by atoms with Crippen LogP contribution in [0.4, 0.5) is 10.1 Å². The lowest BCUT2D eigenvalue weighted by Gasteiger charge is -2.20. The molecular formula is C21H19FN2O3S2. The van der Waals surface area contributed by atoms with Crippen molar-refractivity contribution in [1.29, 1.82) is 0 Å². The van der Waals surface area contributed by atoms with Crippen LogP contribution in [0.3, 0.4) is 0 Å². The maximum Gasteiger partial charge on any atom is 0.267 e. The van der Waals surface area contributed by atoms with Gasteiger partial charge in [-0.3, -0.25) is 9.10 Å². The van der Waals surface area contributed by atoms with Gasteiger partial charge < -0.3 is 5.32 Å². The number of rotatable bonds is 6. The number of anilines is 1. The lowest BCUT2D eigenvalue weighted by atomic mass is 10.1. The van der Waals surface area contributed by atoms with E-state index in [4.69, 9.17) is 0 Å². The fourth-order valence-electron chi connectivity index (χ4n) is 3.37. The Morgan fingerprint density at radius 1 is 1.14 bits per heavy atom. The predicted octanol–water partition coefficient (Wildman–Crippen LogP) is 3.61. The van der Waals surface area contributed by atoms with Gasteiger partial charge in [-0.25, -0.2) is 12.8 Å². The average Bonchev–Trinajstić information content (AvgIpc) is 3.37. The summed E-state index contributed by atoms with van der Waals surface area (Å²) in [6, 6.07) is 14.3. The Morgan fingerprint density at radius 2 is 1.97 bits per heavy atom. The zero-order valence-electron chi connectivity index (χ0n) is 15.5. The van der Waals surface area contributed by atoms with Crippen LogP contribution in [0.25, 0.3) is 0 Å². The normalized spacial score (nSPS) is 13.3. The number of hydrogen-bond acceptors (Lipinski definition) is 4. The van der Waals surface area contributed by atoms with E-state index in [9.17, 15) is 17.6 Å². The van der Waals surface area contributed by atoms with Gasteiger partial charge >= 0.3 is 0 Å². The summed E-state index contributed by atoms with van der Waals surface area (Å²) in [5, 5.41) is 4.85. The third kappa shape index (κ3) is 3.90. The number of hydrogen-bond donors (Lipinski definition) is 1. The van der Waals surface area contributed by atoms with Crippen LogP contribution in [0.5, 0.6) is 0 Å². The zero-order valence-corrected chi connectivity index (χ0v) is 17.1. The van der Waals surface area contributed by atoms with Crippen LogP contribution < -0.4 is 9.62 Å². The quantitative estimate of drug-likeness (QED) is 0.650. The highest BCUT2D eigenvalue weighted by Gasteiger charge is 2.33. The van der Waals surface area contributed by atoms with Crippen molar-refractivity contribution in [2.45, 2.75) is 17.7 Å². The molecule has 29 heavy (non-hydrogen) atoms. The van der Waals surface area contributed by atoms with Gasteiger partial charge in [-0.05, 0) is 54.1 Å². The van der Waals surface area contributed by atoms with Crippen LogP contribution in [-0.4, -0.2) is 27.4 Å². The van der Waals surface area contributed by atoms with E-state index in [0.29, 0.717) is 24.2 Å². The molecule has 0 fully saturated rings. The summed E-state index contributed by atoms with van der Waals surface area (Å²) in [5.74, 6) is -1.05. The third-order valence-corrected chi connectivity index (χ3v) is 7.62. The number of carbonyl (C=O) groups is 1. The molecule has 1 N–H and O–H groups in total. The van der Waals surface area contributed by atoms with Gasteiger partial charge in [0.1, 0.15) is 10.7 Å². The molecule has 0 aliphatic carbocycles. The van der Waals surface area contributed by atoms with E-state index in [1.807, 2.05) is 17.5 Å². The van der Waals surface area contributed by atoms with Crippen molar-refractivity contribution in [1.82, 2.24) is 5.32 Å². The first-order valence-corrected chi connectivity index (χ1v) is 11.5. The van der Waals surface area contributed by atoms with Crippen molar-refractivity contribution < 1.29 is 17.6 Å². The van der Waals surface area contributed by atoms with E-state index in [1.54, 1.807) is 29.5 Å². The van der Waals surface area contributed by atoms with Crippen LogP contribution >= 0.6 is 11.3 Å². The molecule has 8 heteroatoms. The standard InChI is InChI=1S/C21H19FN2O3S2/c22-18-5-1-2-6-20(18)29(26,27)24-12-10-15-7-8-16(14-19(15)24)21(25)23-11-9-17-4-3-13-28-17/h1-8,13-14H,9-12H2,(H,23,25). The molecule has 1 amide bonds. The van der Waals surface area contributed by atoms with Gasteiger partial charge in [0.25, 0.3) is 15.9 Å². The van der Waals surface area contributed by atoms with Gasteiger partial charge in [-0.2, -0.15) is 0 Å². The number of nitrogens with one attached hydrogen (secondary N) is 1. The number of amides is 1. The molecule has 1 aliphatic heterocycles. The van der Waals surface area contributed by atoms with E-state index in [-0.39, 0.29) is 17.3 Å². The SMILES string of the molecule is O=C(NCCc1cccs1)c1ccc2c(c1)N(S(=O)(=O)c1ccccc1F)CC2. The van der Waals surface area contributed by atoms with Crippen molar-refractivity contribution in [3.8, 4) is 0 Å². The lowest BCUT2D eigenvalue weighted by molar-refractivity contribution is 0.0954. The number of nitrogens with zero attached hydrogens (tertiary/aromatic N) is 1. The monoisotopic (exact) mass is 430 g/mol. The van der Waals surface area contributed by atoms with Crippen LogP contribution in [-0.2, 0) is 22.9 Å². The number of halogens is 1. The second-order valence-electron chi connectivity index (χ2n) is 6.69. The smallest absolute Gasteiger partial charge is 0.267 e. The molecular weight excluding hydrogens is 411 g/mol. The molecule has 0 spiro atoms. The second-order valence-corrected chi connectivity index (χ2v) is 9.55. The minimum atomic E-state index is -4.04. The number of carbonyl (C=O) groups excluding carboxylic acids is 1. The molecule has 2 aromatic carbocycles. The predicted molar refractivity (Wildman–Crippen MR) is 111 cm³/mol. The van der Waals surface area contributed by atoms with Crippen molar-refractivity contribution in [3.05, 3.63) is 81.8 Å². The molecule has 1 aliphatic rings. The zero-order chi connectivity index (χ0) is 20.4. The largest absolute Gasteiger partial charge is 0.352 e. The molecule has 4 rings (SSSR count). The molecule has 0 radical (unpaired) electrons. The van der Waals surface area contributed by atoms with Crippen LogP contribution in [0.1, 0.15) is 20.8 Å². The molecule has 1 aromatic heterocycles. The van der Waals surface area contributed by atoms with Crippen LogP contribution in [0.2, 0.25) is 0 Å². The summed E-state index contributed by atoms with van der Waals surface area (Å²) in [6.07, 6.45) is 1.26. The van der Waals surface area contributed by atoms with E-state index >= 15 is 0 Å². The van der Waals surface area contributed by atoms with Gasteiger partial charge in [0.05, 0.1) is 5.69 Å². The Morgan fingerprint density at radius 3 is 2.72 bits per heavy atom. The third-order valence-electron chi connectivity index (χ3n) is 4.84. The first-order chi connectivity index (χ1) is 14.0. The van der Waals surface area contributed by atoms with Gasteiger partial charge in [0, 0.05) is 23.5 Å². The number of fused-ring (bicyclic) bond motifs is 1. The molecule has 0 bridgehead atoms. The minimum Gasteiger partial charge on any atom is -0.352 e. The highest BCUT2D eigenvalue weighted by atomic mass is 32.2. The molecule has 0 saturated heterocycles. The Hall–Kier alpha value is -2.71. The fourth-order valence-corrected chi connectivity index (χ4v) is 5.64. The molecule has 3 aromatic rings. The minimum absolute atomic E-state index is 0.218. The molecule has 0 atom stereocenters. The van der Waals surface area contributed by atoms with Crippen molar-refractivity contribution in [2.24, 2.45) is 0 Å². The topological polar surface area (TPSA) is 66.5 Å². The summed E-state index contributed by atoms with van der Waals surface area (Å²) < 4.78 is 41.3. The summed E-state index contributed by atoms with van der Waals surface area (Å²) in [4.78, 5) is 13.3. The number of thiophene rings is 1. The summed E-state index contributed by atoms with van der Waals surface area (Å²) in [6.45, 7) is 0.711. The van der Waals surface area contributed by atoms with Crippen LogP contribution in [0, 0.1) is 5.82 Å². The van der Waals surface area contributed by atoms with Crippen LogP contribution in [0.15, 0.2) is 64.9 Å². The first kappa shape index (κ1) is 19.6. The summed E-state index contributed by atoms with van der Waals surface area (Å²) >= 11 is 1.63.